The predicted octanol–water partition coefficient (Wildman–Crippen LogP) is 1.56. The Bertz CT molecular complexity index is 747. The van der Waals surface area contributed by atoms with E-state index in [9.17, 15) is 9.59 Å². The second-order valence-electron chi connectivity index (χ2n) is 8.86. The van der Waals surface area contributed by atoms with E-state index in [1.807, 2.05) is 17.0 Å². The van der Waals surface area contributed by atoms with Gasteiger partial charge in [0.25, 0.3) is 5.91 Å². The van der Waals surface area contributed by atoms with E-state index < -0.39 is 0 Å². The number of hydrogen-bond donors (Lipinski definition) is 1. The number of morpholine rings is 1. The lowest BCUT2D eigenvalue weighted by Crippen LogP contribution is -2.52. The number of carbonyl (C=O) groups is 2. The van der Waals surface area contributed by atoms with Crippen molar-refractivity contribution in [2.24, 2.45) is 0 Å². The highest BCUT2D eigenvalue weighted by Crippen LogP contribution is 2.22. The van der Waals surface area contributed by atoms with Crippen LogP contribution in [0.3, 0.4) is 0 Å². The molecule has 4 rings (SSSR count). The number of amides is 2. The quantitative estimate of drug-likeness (QED) is 0.764. The lowest BCUT2D eigenvalue weighted by atomic mass is 10.2. The molecule has 0 radical (unpaired) electrons. The number of anilines is 2. The van der Waals surface area contributed by atoms with Gasteiger partial charge in [0.2, 0.25) is 5.91 Å². The van der Waals surface area contributed by atoms with Crippen LogP contribution >= 0.6 is 0 Å². The van der Waals surface area contributed by atoms with E-state index in [1.54, 1.807) is 0 Å². The van der Waals surface area contributed by atoms with Crippen LogP contribution in [0.2, 0.25) is 0 Å². The Morgan fingerprint density at radius 1 is 1.03 bits per heavy atom. The number of nitrogens with one attached hydrogen (secondary N) is 1. The number of rotatable bonds is 5. The molecular weight excluding hydrogens is 396 g/mol. The fraction of sp³-hybridized carbons (Fsp3) is 0.652. The molecule has 31 heavy (non-hydrogen) atoms. The molecule has 3 saturated heterocycles. The van der Waals surface area contributed by atoms with Crippen molar-refractivity contribution < 1.29 is 19.1 Å². The van der Waals surface area contributed by atoms with E-state index in [-0.39, 0.29) is 30.1 Å². The lowest BCUT2D eigenvalue weighted by Gasteiger charge is -2.37. The minimum atomic E-state index is -0.262. The van der Waals surface area contributed by atoms with Crippen molar-refractivity contribution >= 4 is 23.2 Å². The highest BCUT2D eigenvalue weighted by Gasteiger charge is 2.30. The summed E-state index contributed by atoms with van der Waals surface area (Å²) >= 11 is 0. The molecule has 0 saturated carbocycles. The molecule has 1 aromatic carbocycles. The fourth-order valence-corrected chi connectivity index (χ4v) is 4.65. The third kappa shape index (κ3) is 5.75. The number of ether oxygens (including phenoxy) is 2. The van der Waals surface area contributed by atoms with Crippen molar-refractivity contribution in [3.63, 3.8) is 0 Å². The van der Waals surface area contributed by atoms with Gasteiger partial charge in [0.15, 0.2) is 0 Å². The van der Waals surface area contributed by atoms with Gasteiger partial charge in [-0.05, 0) is 51.0 Å². The van der Waals surface area contributed by atoms with Gasteiger partial charge in [0.1, 0.15) is 6.10 Å². The normalized spacial score (nSPS) is 27.4. The monoisotopic (exact) mass is 430 g/mol. The van der Waals surface area contributed by atoms with Gasteiger partial charge in [0, 0.05) is 57.3 Å². The van der Waals surface area contributed by atoms with Gasteiger partial charge in [-0.25, -0.2) is 0 Å². The average molecular weight is 431 g/mol. The maximum atomic E-state index is 12.5. The van der Waals surface area contributed by atoms with Crippen LogP contribution in [-0.2, 0) is 19.1 Å². The van der Waals surface area contributed by atoms with Gasteiger partial charge >= 0.3 is 0 Å². The van der Waals surface area contributed by atoms with Crippen LogP contribution in [-0.4, -0.2) is 92.3 Å². The number of carbonyl (C=O) groups excluding carboxylic acids is 2. The van der Waals surface area contributed by atoms with Crippen molar-refractivity contribution in [1.29, 1.82) is 0 Å². The van der Waals surface area contributed by atoms with Crippen LogP contribution in [0.15, 0.2) is 24.3 Å². The molecule has 3 fully saturated rings. The topological polar surface area (TPSA) is 74.4 Å². The zero-order chi connectivity index (χ0) is 21.8. The summed E-state index contributed by atoms with van der Waals surface area (Å²) in [4.78, 5) is 31.2. The Morgan fingerprint density at radius 3 is 2.32 bits per heavy atom. The van der Waals surface area contributed by atoms with Crippen molar-refractivity contribution in [2.45, 2.75) is 45.0 Å². The molecular formula is C23H34N4O4. The Morgan fingerprint density at radius 2 is 1.71 bits per heavy atom. The first-order valence-electron chi connectivity index (χ1n) is 11.4. The SMILES string of the molecule is CC1CN(c2ccc(NC(=O)CN3CCN(C(=O)C4CCCO4)CC3)cc2)CC(C)O1. The van der Waals surface area contributed by atoms with Crippen LogP contribution in [0.1, 0.15) is 26.7 Å². The van der Waals surface area contributed by atoms with E-state index >= 15 is 0 Å². The summed E-state index contributed by atoms with van der Waals surface area (Å²) in [5, 5.41) is 2.99. The highest BCUT2D eigenvalue weighted by atomic mass is 16.5. The molecule has 0 bridgehead atoms. The zero-order valence-corrected chi connectivity index (χ0v) is 18.6. The van der Waals surface area contributed by atoms with Gasteiger partial charge in [-0.15, -0.1) is 0 Å². The van der Waals surface area contributed by atoms with E-state index in [0.717, 1.165) is 37.3 Å². The summed E-state index contributed by atoms with van der Waals surface area (Å²) in [6.45, 7) is 9.66. The van der Waals surface area contributed by atoms with Gasteiger partial charge in [-0.3, -0.25) is 14.5 Å². The second kappa shape index (κ2) is 9.97. The minimum absolute atomic E-state index is 0.0275. The van der Waals surface area contributed by atoms with E-state index in [4.69, 9.17) is 9.47 Å². The summed E-state index contributed by atoms with van der Waals surface area (Å²) in [6.07, 6.45) is 1.95. The summed E-state index contributed by atoms with van der Waals surface area (Å²) in [5.74, 6) is 0.0750. The molecule has 8 heteroatoms. The fourth-order valence-electron chi connectivity index (χ4n) is 4.65. The summed E-state index contributed by atoms with van der Waals surface area (Å²) < 4.78 is 11.3. The minimum Gasteiger partial charge on any atom is -0.372 e. The van der Waals surface area contributed by atoms with Crippen LogP contribution in [0, 0.1) is 0 Å². The molecule has 1 aromatic rings. The van der Waals surface area contributed by atoms with E-state index in [0.29, 0.717) is 39.3 Å². The molecule has 3 unspecified atom stereocenters. The van der Waals surface area contributed by atoms with E-state index in [1.165, 1.54) is 0 Å². The first-order valence-corrected chi connectivity index (χ1v) is 11.4. The number of benzene rings is 1. The van der Waals surface area contributed by atoms with E-state index in [2.05, 4.69) is 41.1 Å². The van der Waals surface area contributed by atoms with Crippen LogP contribution in [0.4, 0.5) is 11.4 Å². The summed E-state index contributed by atoms with van der Waals surface area (Å²) in [7, 11) is 0. The molecule has 0 spiro atoms. The molecule has 0 aliphatic carbocycles. The number of piperazine rings is 1. The molecule has 0 aromatic heterocycles. The van der Waals surface area contributed by atoms with Gasteiger partial charge in [-0.2, -0.15) is 0 Å². The van der Waals surface area contributed by atoms with Crippen LogP contribution in [0.5, 0.6) is 0 Å². The third-order valence-electron chi connectivity index (χ3n) is 6.19. The predicted molar refractivity (Wildman–Crippen MR) is 119 cm³/mol. The largest absolute Gasteiger partial charge is 0.372 e. The lowest BCUT2D eigenvalue weighted by molar-refractivity contribution is -0.142. The Hall–Kier alpha value is -2.16. The number of hydrogen-bond acceptors (Lipinski definition) is 6. The highest BCUT2D eigenvalue weighted by molar-refractivity contribution is 5.92. The van der Waals surface area contributed by atoms with Crippen molar-refractivity contribution in [3.05, 3.63) is 24.3 Å². The standard InChI is InChI=1S/C23H34N4O4/c1-17-14-27(15-18(2)31-17)20-7-5-19(6-8-20)24-22(28)16-25-9-11-26(12-10-25)23(29)21-4-3-13-30-21/h5-8,17-18,21H,3-4,9-16H2,1-2H3,(H,24,28). The van der Waals surface area contributed by atoms with Crippen molar-refractivity contribution in [1.82, 2.24) is 9.80 Å². The second-order valence-corrected chi connectivity index (χ2v) is 8.86. The first-order chi connectivity index (χ1) is 15.0. The zero-order valence-electron chi connectivity index (χ0n) is 18.6. The molecule has 170 valence electrons. The maximum Gasteiger partial charge on any atom is 0.251 e. The molecule has 1 N–H and O–H groups in total. The molecule has 2 amide bonds. The molecule has 3 aliphatic heterocycles. The third-order valence-corrected chi connectivity index (χ3v) is 6.19. The maximum absolute atomic E-state index is 12.5. The van der Waals surface area contributed by atoms with Crippen molar-refractivity contribution in [2.75, 3.05) is 62.6 Å². The van der Waals surface area contributed by atoms with Crippen molar-refractivity contribution in [3.8, 4) is 0 Å². The number of nitrogens with zero attached hydrogens (tertiary/aromatic N) is 3. The Kier molecular flexibility index (Phi) is 7.09. The summed E-state index contributed by atoms with van der Waals surface area (Å²) in [5.41, 5.74) is 1.95. The summed E-state index contributed by atoms with van der Waals surface area (Å²) in [6, 6.07) is 8.01. The van der Waals surface area contributed by atoms with Gasteiger partial charge in [-0.1, -0.05) is 0 Å². The molecule has 3 heterocycles. The first kappa shape index (κ1) is 22.0. The van der Waals surface area contributed by atoms with Crippen LogP contribution < -0.4 is 10.2 Å². The molecule has 3 atom stereocenters. The smallest absolute Gasteiger partial charge is 0.251 e. The van der Waals surface area contributed by atoms with Gasteiger partial charge < -0.3 is 24.6 Å². The average Bonchev–Trinajstić information content (AvgIpc) is 3.28. The van der Waals surface area contributed by atoms with Gasteiger partial charge in [0.05, 0.1) is 18.8 Å². The molecule has 8 nitrogen and oxygen atoms in total. The van der Waals surface area contributed by atoms with Crippen LogP contribution in [0.25, 0.3) is 0 Å². The molecule has 3 aliphatic rings. The Balaban J connectivity index is 1.21. The Labute approximate surface area is 184 Å².